The molecule has 0 aliphatic carbocycles. The molecule has 1 rings (SSSR count). The first-order valence-electron chi connectivity index (χ1n) is 5.03. The molecule has 1 aromatic rings. The number of rotatable bonds is 4. The maximum absolute atomic E-state index is 12.8. The van der Waals surface area contributed by atoms with Crippen molar-refractivity contribution in [1.82, 2.24) is 0 Å². The molecule has 0 saturated heterocycles. The van der Waals surface area contributed by atoms with E-state index in [9.17, 15) is 26.7 Å². The summed E-state index contributed by atoms with van der Waals surface area (Å²) in [6, 6.07) is 5.57. The van der Waals surface area contributed by atoms with Crippen LogP contribution < -0.4 is 5.32 Å². The van der Waals surface area contributed by atoms with Gasteiger partial charge in [0.2, 0.25) is 0 Å². The fourth-order valence-corrected chi connectivity index (χ4v) is 1.25. The molecule has 0 spiro atoms. The lowest BCUT2D eigenvalue weighted by atomic mass is 10.1. The lowest BCUT2D eigenvalue weighted by Gasteiger charge is -2.19. The summed E-state index contributed by atoms with van der Waals surface area (Å²) in [5, 5.41) is 1.55. The molecule has 19 heavy (non-hydrogen) atoms. The lowest BCUT2D eigenvalue weighted by Crippen LogP contribution is -2.47. The van der Waals surface area contributed by atoms with Crippen molar-refractivity contribution in [2.45, 2.75) is 18.7 Å². The van der Waals surface area contributed by atoms with Gasteiger partial charge in [-0.05, 0) is 6.07 Å². The van der Waals surface area contributed by atoms with Gasteiger partial charge in [-0.15, -0.1) is 0 Å². The Morgan fingerprint density at radius 1 is 1.21 bits per heavy atom. The first-order chi connectivity index (χ1) is 8.70. The molecule has 1 N–H and O–H groups in total. The highest BCUT2D eigenvalue weighted by atomic mass is 19.4. The maximum atomic E-state index is 12.8. The van der Waals surface area contributed by atoms with E-state index < -0.39 is 18.0 Å². The average molecular weight is 283 g/mol. The summed E-state index contributed by atoms with van der Waals surface area (Å²) in [7, 11) is 1.32. The number of carbonyl (C=O) groups is 1. The number of methoxy groups -OCH3 is 1. The molecule has 0 aliphatic rings. The second-order valence-electron chi connectivity index (χ2n) is 3.62. The van der Waals surface area contributed by atoms with E-state index in [4.69, 9.17) is 4.74 Å². The number of anilines is 1. The quantitative estimate of drug-likeness (QED) is 0.863. The molecule has 0 saturated carbocycles. The normalized spacial score (nSPS) is 12.3. The highest BCUT2D eigenvalue weighted by Gasteiger charge is 2.63. The fraction of sp³-hybridized carbons (Fsp3) is 0.364. The molecule has 1 amide bonds. The largest absolute Gasteiger partial charge is 0.463 e. The van der Waals surface area contributed by atoms with Crippen molar-refractivity contribution >= 4 is 11.6 Å². The van der Waals surface area contributed by atoms with E-state index in [1.165, 1.54) is 31.4 Å². The Labute approximate surface area is 105 Å². The Hall–Kier alpha value is -1.70. The zero-order valence-corrected chi connectivity index (χ0v) is 9.72. The van der Waals surface area contributed by atoms with E-state index in [0.717, 1.165) is 0 Å². The third-order valence-electron chi connectivity index (χ3n) is 2.21. The van der Waals surface area contributed by atoms with Gasteiger partial charge in [0, 0.05) is 18.4 Å². The Bertz CT molecular complexity index is 459. The third kappa shape index (κ3) is 3.40. The maximum Gasteiger partial charge on any atom is 0.463 e. The first kappa shape index (κ1) is 15.4. The van der Waals surface area contributed by atoms with E-state index in [0.29, 0.717) is 0 Å². The van der Waals surface area contributed by atoms with Crippen LogP contribution in [0.3, 0.4) is 0 Å². The topological polar surface area (TPSA) is 38.3 Å². The summed E-state index contributed by atoms with van der Waals surface area (Å²) in [5.41, 5.74) is 0.134. The highest BCUT2D eigenvalue weighted by Crippen LogP contribution is 2.36. The van der Waals surface area contributed by atoms with Crippen LogP contribution in [-0.2, 0) is 16.1 Å². The predicted octanol–water partition coefficient (Wildman–Crippen LogP) is 2.97. The van der Waals surface area contributed by atoms with Crippen molar-refractivity contribution in [2.24, 2.45) is 0 Å². The molecule has 0 heterocycles. The second-order valence-corrected chi connectivity index (χ2v) is 3.62. The van der Waals surface area contributed by atoms with Crippen molar-refractivity contribution < 1.29 is 31.5 Å². The Balaban J connectivity index is 2.94. The highest BCUT2D eigenvalue weighted by molar-refractivity contribution is 5.97. The van der Waals surface area contributed by atoms with Gasteiger partial charge in [0.15, 0.2) is 0 Å². The van der Waals surface area contributed by atoms with E-state index in [2.05, 4.69) is 0 Å². The van der Waals surface area contributed by atoms with Crippen LogP contribution in [0.25, 0.3) is 0 Å². The number of benzene rings is 1. The molecule has 0 aromatic heterocycles. The van der Waals surface area contributed by atoms with Gasteiger partial charge >= 0.3 is 18.0 Å². The Morgan fingerprint density at radius 2 is 1.79 bits per heavy atom. The minimum Gasteiger partial charge on any atom is -0.380 e. The lowest BCUT2D eigenvalue weighted by molar-refractivity contribution is -0.267. The first-order valence-corrected chi connectivity index (χ1v) is 5.03. The zero-order chi connectivity index (χ0) is 14.7. The van der Waals surface area contributed by atoms with Crippen LogP contribution in [0, 0.1) is 0 Å². The van der Waals surface area contributed by atoms with E-state index in [1.54, 1.807) is 5.32 Å². The van der Waals surface area contributed by atoms with Gasteiger partial charge in [0.25, 0.3) is 0 Å². The van der Waals surface area contributed by atoms with Gasteiger partial charge in [-0.3, -0.25) is 4.79 Å². The zero-order valence-electron chi connectivity index (χ0n) is 9.72. The van der Waals surface area contributed by atoms with Crippen molar-refractivity contribution in [3.05, 3.63) is 29.8 Å². The number of para-hydroxylation sites is 1. The van der Waals surface area contributed by atoms with E-state index >= 15 is 0 Å². The van der Waals surface area contributed by atoms with E-state index in [-0.39, 0.29) is 17.9 Å². The average Bonchev–Trinajstić information content (AvgIpc) is 2.30. The second kappa shape index (κ2) is 5.52. The molecule has 0 fully saturated rings. The number of ether oxygens (including phenoxy) is 1. The molecular weight excluding hydrogens is 273 g/mol. The minimum absolute atomic E-state index is 0.0337. The molecule has 0 atom stereocenters. The van der Waals surface area contributed by atoms with Crippen LogP contribution in [0.4, 0.5) is 27.6 Å². The summed E-state index contributed by atoms with van der Waals surface area (Å²) in [5.74, 6) is -7.88. The smallest absolute Gasteiger partial charge is 0.380 e. The van der Waals surface area contributed by atoms with Gasteiger partial charge in [-0.25, -0.2) is 0 Å². The molecule has 106 valence electrons. The van der Waals surface area contributed by atoms with Crippen molar-refractivity contribution in [3.63, 3.8) is 0 Å². The summed E-state index contributed by atoms with van der Waals surface area (Å²) in [4.78, 5) is 11.0. The van der Waals surface area contributed by atoms with Crippen LogP contribution >= 0.6 is 0 Å². The monoisotopic (exact) mass is 283 g/mol. The van der Waals surface area contributed by atoms with Crippen LogP contribution in [0.2, 0.25) is 0 Å². The number of amides is 1. The summed E-state index contributed by atoms with van der Waals surface area (Å²) in [6.45, 7) is -0.0337. The molecule has 0 bridgehead atoms. The number of halogens is 5. The van der Waals surface area contributed by atoms with Gasteiger partial charge in [0.1, 0.15) is 0 Å². The summed E-state index contributed by atoms with van der Waals surface area (Å²) in [6.07, 6.45) is -5.94. The van der Waals surface area contributed by atoms with Gasteiger partial charge < -0.3 is 10.1 Å². The van der Waals surface area contributed by atoms with Crippen molar-refractivity contribution in [3.8, 4) is 0 Å². The number of carbonyl (C=O) groups excluding carboxylic acids is 1. The van der Waals surface area contributed by atoms with E-state index in [1.807, 2.05) is 0 Å². The molecule has 1 aromatic carbocycles. The molecule has 0 aliphatic heterocycles. The SMILES string of the molecule is COCc1ccccc1NC(=O)C(F)(F)C(F)(F)F. The van der Waals surface area contributed by atoms with Gasteiger partial charge in [-0.1, -0.05) is 18.2 Å². The van der Waals surface area contributed by atoms with Crippen molar-refractivity contribution in [1.29, 1.82) is 0 Å². The number of alkyl halides is 5. The Morgan fingerprint density at radius 3 is 2.32 bits per heavy atom. The predicted molar refractivity (Wildman–Crippen MR) is 56.8 cm³/mol. The Kier molecular flexibility index (Phi) is 4.46. The molecule has 0 unspecified atom stereocenters. The molecule has 0 radical (unpaired) electrons. The standard InChI is InChI=1S/C11H10F5NO2/c1-19-6-7-4-2-3-5-8(7)17-9(18)10(12,13)11(14,15)16/h2-5H,6H2,1H3,(H,17,18). The van der Waals surface area contributed by atoms with Crippen LogP contribution in [0.1, 0.15) is 5.56 Å². The molecular formula is C11H10F5NO2. The fourth-order valence-electron chi connectivity index (χ4n) is 1.25. The summed E-state index contributed by atoms with van der Waals surface area (Å²) >= 11 is 0. The van der Waals surface area contributed by atoms with Crippen LogP contribution in [0.5, 0.6) is 0 Å². The van der Waals surface area contributed by atoms with Crippen LogP contribution in [-0.4, -0.2) is 25.1 Å². The van der Waals surface area contributed by atoms with Gasteiger partial charge in [0.05, 0.1) is 6.61 Å². The van der Waals surface area contributed by atoms with Crippen LogP contribution in [0.15, 0.2) is 24.3 Å². The van der Waals surface area contributed by atoms with Gasteiger partial charge in [-0.2, -0.15) is 22.0 Å². The molecule has 3 nitrogen and oxygen atoms in total. The third-order valence-corrected chi connectivity index (χ3v) is 2.21. The molecule has 8 heteroatoms. The summed E-state index contributed by atoms with van der Waals surface area (Å²) < 4.78 is 66.3. The minimum atomic E-state index is -5.94. The number of nitrogens with one attached hydrogen (secondary N) is 1. The van der Waals surface area contributed by atoms with Crippen molar-refractivity contribution in [2.75, 3.05) is 12.4 Å². The number of hydrogen-bond acceptors (Lipinski definition) is 2. The number of hydrogen-bond donors (Lipinski definition) is 1.